The van der Waals surface area contributed by atoms with E-state index in [0.29, 0.717) is 11.1 Å². The van der Waals surface area contributed by atoms with Crippen molar-refractivity contribution < 1.29 is 14.1 Å². The number of rotatable bonds is 6. The molecule has 27 heavy (non-hydrogen) atoms. The largest absolute Gasteiger partial charge is 0.319 e. The number of hydrogen-bond acceptors (Lipinski definition) is 4. The molecule has 2 aromatic rings. The van der Waals surface area contributed by atoms with Crippen molar-refractivity contribution >= 4 is 40.5 Å². The fraction of sp³-hybridized carbons (Fsp3) is 0.278. The third-order valence-electron chi connectivity index (χ3n) is 4.25. The van der Waals surface area contributed by atoms with E-state index in [4.69, 9.17) is 23.2 Å². The molecule has 9 heteroatoms. The highest BCUT2D eigenvalue weighted by Crippen LogP contribution is 2.30. The average Bonchev–Trinajstić information content (AvgIpc) is 2.59. The molecule has 2 N–H and O–H groups in total. The lowest BCUT2D eigenvalue weighted by atomic mass is 10.1. The number of anilines is 1. The van der Waals surface area contributed by atoms with Crippen molar-refractivity contribution in [3.05, 3.63) is 66.9 Å². The zero-order valence-corrected chi connectivity index (χ0v) is 16.4. The van der Waals surface area contributed by atoms with Crippen LogP contribution in [0.2, 0.25) is 10.0 Å². The van der Waals surface area contributed by atoms with Crippen LogP contribution in [-0.4, -0.2) is 17.4 Å². The number of halogens is 3. The molecule has 0 heterocycles. The molecule has 1 atom stereocenters. The highest BCUT2D eigenvalue weighted by molar-refractivity contribution is 6.35. The van der Waals surface area contributed by atoms with Crippen molar-refractivity contribution in [2.75, 3.05) is 11.9 Å². The Hall–Kier alpha value is -2.22. The van der Waals surface area contributed by atoms with Crippen LogP contribution in [0.1, 0.15) is 29.7 Å². The van der Waals surface area contributed by atoms with Gasteiger partial charge in [0, 0.05) is 17.1 Å². The average molecular weight is 414 g/mol. The predicted octanol–water partition coefficient (Wildman–Crippen LogP) is 4.95. The Morgan fingerprint density at radius 1 is 1.26 bits per heavy atom. The van der Waals surface area contributed by atoms with Crippen molar-refractivity contribution in [1.29, 1.82) is 0 Å². The lowest BCUT2D eigenvalue weighted by Gasteiger charge is -2.17. The number of amides is 1. The lowest BCUT2D eigenvalue weighted by Crippen LogP contribution is -2.30. The summed E-state index contributed by atoms with van der Waals surface area (Å²) in [6.07, 6.45) is 0. The molecule has 0 unspecified atom stereocenters. The van der Waals surface area contributed by atoms with E-state index in [0.717, 1.165) is 5.56 Å². The predicted molar refractivity (Wildman–Crippen MR) is 104 cm³/mol. The molecule has 0 spiro atoms. The number of carbonyl (C=O) groups is 1. The van der Waals surface area contributed by atoms with Gasteiger partial charge in [0.1, 0.15) is 11.5 Å². The molecule has 144 valence electrons. The minimum atomic E-state index is -0.611. The third-order valence-corrected chi connectivity index (χ3v) is 4.87. The summed E-state index contributed by atoms with van der Waals surface area (Å²) in [5.74, 6) is -1.08. The van der Waals surface area contributed by atoms with Gasteiger partial charge in [0.15, 0.2) is 0 Å². The van der Waals surface area contributed by atoms with Crippen LogP contribution in [0.5, 0.6) is 0 Å². The number of carbonyl (C=O) groups excluding carboxylic acids is 1. The number of aryl methyl sites for hydroxylation is 1. The van der Waals surface area contributed by atoms with Crippen LogP contribution in [0.4, 0.5) is 15.8 Å². The van der Waals surface area contributed by atoms with Crippen LogP contribution >= 0.6 is 23.2 Å². The fourth-order valence-electron chi connectivity index (χ4n) is 2.52. The molecule has 0 aliphatic heterocycles. The highest BCUT2D eigenvalue weighted by atomic mass is 35.5. The molecule has 0 fully saturated rings. The van der Waals surface area contributed by atoms with E-state index in [-0.39, 0.29) is 28.0 Å². The van der Waals surface area contributed by atoms with E-state index in [2.05, 4.69) is 10.6 Å². The molecule has 0 aliphatic carbocycles. The SMILES string of the molecule is Cc1ccc([N+](=O)[O-])c(NC(=O)CN[C@H](C)c2cc(F)c(Cl)cc2Cl)c1C. The van der Waals surface area contributed by atoms with E-state index in [1.54, 1.807) is 26.8 Å². The maximum Gasteiger partial charge on any atom is 0.293 e. The van der Waals surface area contributed by atoms with Crippen LogP contribution in [0.25, 0.3) is 0 Å². The second-order valence-corrected chi connectivity index (χ2v) is 6.91. The summed E-state index contributed by atoms with van der Waals surface area (Å²) in [4.78, 5) is 22.9. The zero-order valence-electron chi connectivity index (χ0n) is 14.9. The molecule has 0 saturated heterocycles. The summed E-state index contributed by atoms with van der Waals surface area (Å²) >= 11 is 11.7. The zero-order chi connectivity index (χ0) is 20.3. The molecule has 0 aliphatic rings. The quantitative estimate of drug-likeness (QED) is 0.398. The molecular weight excluding hydrogens is 396 g/mol. The van der Waals surface area contributed by atoms with Gasteiger partial charge in [0.05, 0.1) is 16.5 Å². The van der Waals surface area contributed by atoms with E-state index in [9.17, 15) is 19.3 Å². The smallest absolute Gasteiger partial charge is 0.293 e. The number of hydrogen-bond donors (Lipinski definition) is 2. The summed E-state index contributed by atoms with van der Waals surface area (Å²) in [5.41, 5.74) is 1.87. The van der Waals surface area contributed by atoms with Gasteiger partial charge in [0.2, 0.25) is 5.91 Å². The van der Waals surface area contributed by atoms with Crippen LogP contribution < -0.4 is 10.6 Å². The Balaban J connectivity index is 2.10. The molecule has 0 saturated carbocycles. The van der Waals surface area contributed by atoms with Gasteiger partial charge in [0.25, 0.3) is 5.69 Å². The molecule has 0 bridgehead atoms. The number of benzene rings is 2. The Bertz CT molecular complexity index is 906. The second-order valence-electron chi connectivity index (χ2n) is 6.10. The van der Waals surface area contributed by atoms with E-state index < -0.39 is 22.7 Å². The normalized spacial score (nSPS) is 11.9. The molecule has 2 rings (SSSR count). The van der Waals surface area contributed by atoms with Gasteiger partial charge in [-0.3, -0.25) is 14.9 Å². The van der Waals surface area contributed by atoms with Gasteiger partial charge in [-0.25, -0.2) is 4.39 Å². The van der Waals surface area contributed by atoms with Crippen LogP contribution in [0.15, 0.2) is 24.3 Å². The van der Waals surface area contributed by atoms with E-state index in [1.807, 2.05) is 0 Å². The molecule has 2 aromatic carbocycles. The van der Waals surface area contributed by atoms with E-state index >= 15 is 0 Å². The van der Waals surface area contributed by atoms with Gasteiger partial charge in [-0.2, -0.15) is 0 Å². The number of nitro groups is 1. The Labute approximate surface area is 165 Å². The van der Waals surface area contributed by atoms with Crippen molar-refractivity contribution in [2.45, 2.75) is 26.8 Å². The Morgan fingerprint density at radius 2 is 1.93 bits per heavy atom. The second kappa shape index (κ2) is 8.65. The summed E-state index contributed by atoms with van der Waals surface area (Å²) in [7, 11) is 0. The van der Waals surface area contributed by atoms with Gasteiger partial charge < -0.3 is 10.6 Å². The van der Waals surface area contributed by atoms with Gasteiger partial charge in [-0.15, -0.1) is 0 Å². The Kier molecular flexibility index (Phi) is 6.75. The molecule has 1 amide bonds. The standard InChI is InChI=1S/C18H18Cl2FN3O3/c1-9-4-5-16(24(26)27)18(10(9)2)23-17(25)8-22-11(3)12-6-15(21)14(20)7-13(12)19/h4-7,11,22H,8H2,1-3H3,(H,23,25)/t11-/m1/s1. The molecule has 6 nitrogen and oxygen atoms in total. The lowest BCUT2D eigenvalue weighted by molar-refractivity contribution is -0.384. The number of nitrogens with one attached hydrogen (secondary N) is 2. The van der Waals surface area contributed by atoms with Crippen molar-refractivity contribution in [3.8, 4) is 0 Å². The first-order chi connectivity index (χ1) is 12.6. The minimum Gasteiger partial charge on any atom is -0.319 e. The first kappa shape index (κ1) is 21.1. The molecular formula is C18H18Cl2FN3O3. The van der Waals surface area contributed by atoms with Gasteiger partial charge >= 0.3 is 0 Å². The van der Waals surface area contributed by atoms with Gasteiger partial charge in [-0.1, -0.05) is 29.3 Å². The number of nitrogens with zero attached hydrogens (tertiary/aromatic N) is 1. The van der Waals surface area contributed by atoms with E-state index in [1.165, 1.54) is 18.2 Å². The summed E-state index contributed by atoms with van der Waals surface area (Å²) in [6, 6.07) is 5.04. The summed E-state index contributed by atoms with van der Waals surface area (Å²) < 4.78 is 13.6. The highest BCUT2D eigenvalue weighted by Gasteiger charge is 2.20. The van der Waals surface area contributed by atoms with Crippen molar-refractivity contribution in [3.63, 3.8) is 0 Å². The first-order valence-electron chi connectivity index (χ1n) is 8.04. The molecule has 0 aromatic heterocycles. The maximum absolute atomic E-state index is 13.6. The maximum atomic E-state index is 13.6. The van der Waals surface area contributed by atoms with Crippen LogP contribution in [0, 0.1) is 29.8 Å². The Morgan fingerprint density at radius 3 is 2.56 bits per heavy atom. The topological polar surface area (TPSA) is 84.3 Å². The first-order valence-corrected chi connectivity index (χ1v) is 8.79. The monoisotopic (exact) mass is 413 g/mol. The number of nitro benzene ring substituents is 1. The summed E-state index contributed by atoms with van der Waals surface area (Å²) in [6.45, 7) is 5.06. The van der Waals surface area contributed by atoms with Crippen LogP contribution in [-0.2, 0) is 4.79 Å². The summed E-state index contributed by atoms with van der Waals surface area (Å²) in [5, 5.41) is 16.9. The van der Waals surface area contributed by atoms with Gasteiger partial charge in [-0.05, 0) is 49.6 Å². The van der Waals surface area contributed by atoms with Crippen LogP contribution in [0.3, 0.4) is 0 Å². The third kappa shape index (κ3) is 4.94. The minimum absolute atomic E-state index is 0.0871. The van der Waals surface area contributed by atoms with Crippen molar-refractivity contribution in [1.82, 2.24) is 5.32 Å². The fourth-order valence-corrected chi connectivity index (χ4v) is 3.07. The molecule has 0 radical (unpaired) electrons. The van der Waals surface area contributed by atoms with Crippen molar-refractivity contribution in [2.24, 2.45) is 0 Å².